The lowest BCUT2D eigenvalue weighted by Crippen LogP contribution is -2.16. The van der Waals surface area contributed by atoms with Crippen molar-refractivity contribution >= 4 is 38.9 Å². The second kappa shape index (κ2) is 13.9. The predicted molar refractivity (Wildman–Crippen MR) is 249 cm³/mol. The molecule has 0 saturated carbocycles. The van der Waals surface area contributed by atoms with Crippen molar-refractivity contribution in [3.05, 3.63) is 229 Å². The Morgan fingerprint density at radius 2 is 1.00 bits per heavy atom. The molecule has 59 heavy (non-hydrogen) atoms. The number of nitrogens with zero attached hydrogens (tertiary/aromatic N) is 2. The molecule has 1 unspecified atom stereocenters. The van der Waals surface area contributed by atoms with E-state index in [4.69, 9.17) is 28.8 Å². The van der Waals surface area contributed by atoms with Gasteiger partial charge in [-0.3, -0.25) is 0 Å². The summed E-state index contributed by atoms with van der Waals surface area (Å²) in [5.74, 6) is 0. The van der Waals surface area contributed by atoms with E-state index < -0.39 is 324 Å². The number of hydrogen-bond acceptors (Lipinski definition) is 1. The van der Waals surface area contributed by atoms with Crippen molar-refractivity contribution in [1.29, 1.82) is 0 Å². The van der Waals surface area contributed by atoms with E-state index in [0.717, 1.165) is 13.0 Å². The maximum absolute atomic E-state index is 9.96. The Labute approximate surface area is 399 Å². The molecular weight excluding hydrogens is 713 g/mol. The minimum Gasteiger partial charge on any atom is -0.310 e. The maximum atomic E-state index is 9.96. The summed E-state index contributed by atoms with van der Waals surface area (Å²) in [5, 5.41) is -1.51. The van der Waals surface area contributed by atoms with Crippen molar-refractivity contribution in [2.24, 2.45) is 0 Å². The number of hydrogen-bond donors (Lipinski definition) is 0. The first kappa shape index (κ1) is 13.3. The molecule has 0 fully saturated rings. The van der Waals surface area contributed by atoms with Gasteiger partial charge in [0, 0.05) is 42.9 Å². The summed E-state index contributed by atoms with van der Waals surface area (Å²) in [5.41, 5.74) is -16.7. The Morgan fingerprint density at radius 1 is 0.441 bits per heavy atom. The standard InChI is InChI=1S/C57H42N2/c1-57(2)52-22-12-9-20-48(52)49-35-34-46(38-53(49)57)58(54-23-13-10-19-47(54)42-17-7-4-8-18-42)44-30-27-41(28-31-44)43-29-36-56-51(37-43)50-21-11-14-24-55(50)59(56)45-32-25-40(26-33-45)39-15-5-3-6-16-39/h3-38H,1-2H3/i1D3,3D,4D,5D,6D,7D,8D,9D,10D,11D,12D,13D,14D,15D,16D,17D,18D,19D,20D,21D,22D,23D,24D,25D,26D,27D,28D,29D,30D,31D,32D,33D,34D,35D,36D,37D. The average molecular weight is 793 g/mol. The highest BCUT2D eigenvalue weighted by Gasteiger charge is 2.36. The Kier molecular flexibility index (Phi) is 3.13. The molecule has 1 heterocycles. The van der Waals surface area contributed by atoms with Crippen molar-refractivity contribution in [1.82, 2.24) is 4.57 Å². The summed E-state index contributed by atoms with van der Waals surface area (Å²) < 4.78 is 346. The molecule has 10 aromatic rings. The Balaban J connectivity index is 1.30. The molecule has 0 N–H and O–H groups in total. The first-order valence-electron chi connectivity index (χ1n) is 36.4. The zero-order chi connectivity index (χ0) is 72.5. The molecule has 9 aromatic carbocycles. The molecule has 1 aliphatic rings. The minimum atomic E-state index is -3.38. The van der Waals surface area contributed by atoms with E-state index in [9.17, 15) is 23.3 Å². The fraction of sp³-hybridized carbons (Fsp3) is 0.0526. The average Bonchev–Trinajstić information content (AvgIpc) is 1.59. The van der Waals surface area contributed by atoms with E-state index in [0.29, 0.717) is 9.47 Å². The second-order valence-corrected chi connectivity index (χ2v) is 13.0. The third kappa shape index (κ3) is 5.79. The van der Waals surface area contributed by atoms with Gasteiger partial charge in [0.25, 0.3) is 0 Å². The normalized spacial score (nSPS) is 23.6. The summed E-state index contributed by atoms with van der Waals surface area (Å²) in [6.07, 6.45) is 0. The second-order valence-electron chi connectivity index (χ2n) is 13.0. The zero-order valence-electron chi connectivity index (χ0n) is 68.0. The van der Waals surface area contributed by atoms with E-state index >= 15 is 0 Å². The van der Waals surface area contributed by atoms with Gasteiger partial charge in [-0.2, -0.15) is 0 Å². The third-order valence-electron chi connectivity index (χ3n) is 9.55. The summed E-state index contributed by atoms with van der Waals surface area (Å²) in [7, 11) is 0. The topological polar surface area (TPSA) is 8.17 Å². The SMILES string of the molecule is [2H]c1c(N(c2c([2H])c([2H])c(-c3c([2H])c([2H])c4c(c3[2H])c3c([2H])c([2H])c([2H])c([2H])c3n4-c3c([2H])c([2H])c(-c4c([2H])c([2H])c([2H])c([2H])c4[2H])c([2H])c3[2H])c([2H])c2[2H])c2c([2H])c([2H])c([2H])c([2H])c2-c2c([2H])c([2H])c([2H])c([2H])c2[2H])cc2c(c1[2H])-c1c([2H])c([2H])c([2H])c([2H])c1C2(C)C([2H])([2H])[2H]. The fourth-order valence-corrected chi connectivity index (χ4v) is 6.87. The summed E-state index contributed by atoms with van der Waals surface area (Å²) in [6.45, 7) is -2.37. The highest BCUT2D eigenvalue weighted by molar-refractivity contribution is 6.10. The van der Waals surface area contributed by atoms with Crippen LogP contribution in [0.5, 0.6) is 0 Å². The van der Waals surface area contributed by atoms with Crippen molar-refractivity contribution in [3.8, 4) is 50.2 Å². The molecule has 0 bridgehead atoms. The molecule has 0 amide bonds. The van der Waals surface area contributed by atoms with Gasteiger partial charge >= 0.3 is 0 Å². The molecule has 0 radical (unpaired) electrons. The third-order valence-corrected chi connectivity index (χ3v) is 9.55. The van der Waals surface area contributed by atoms with Crippen LogP contribution in [-0.4, -0.2) is 4.57 Å². The molecule has 1 aliphatic carbocycles. The number of para-hydroxylation sites is 2. The van der Waals surface area contributed by atoms with Gasteiger partial charge in [0.05, 0.1) is 64.7 Å². The Hall–Kier alpha value is -7.42. The van der Waals surface area contributed by atoms with Gasteiger partial charge in [-0.15, -0.1) is 0 Å². The lowest BCUT2D eigenvalue weighted by molar-refractivity contribution is 0.660. The molecule has 0 spiro atoms. The molecule has 2 nitrogen and oxygen atoms in total. The highest BCUT2D eigenvalue weighted by Crippen LogP contribution is 2.51. The van der Waals surface area contributed by atoms with Crippen LogP contribution in [0.15, 0.2) is 218 Å². The van der Waals surface area contributed by atoms with Crippen LogP contribution in [0.2, 0.25) is 0 Å². The van der Waals surface area contributed by atoms with Crippen molar-refractivity contribution in [3.63, 3.8) is 0 Å². The number of aromatic nitrogens is 1. The summed E-state index contributed by atoms with van der Waals surface area (Å²) in [4.78, 5) is 0.393. The fourth-order valence-electron chi connectivity index (χ4n) is 6.87. The molecule has 0 saturated heterocycles. The van der Waals surface area contributed by atoms with Gasteiger partial charge < -0.3 is 9.47 Å². The van der Waals surface area contributed by atoms with E-state index in [1.54, 1.807) is 0 Å². The highest BCUT2D eigenvalue weighted by atomic mass is 15.1. The number of benzene rings is 9. The largest absolute Gasteiger partial charge is 0.310 e. The van der Waals surface area contributed by atoms with Gasteiger partial charge in [-0.05, 0) is 111 Å². The van der Waals surface area contributed by atoms with Gasteiger partial charge in [0.15, 0.2) is 0 Å². The lowest BCUT2D eigenvalue weighted by atomic mass is 9.82. The van der Waals surface area contributed by atoms with Crippen LogP contribution in [0, 0.1) is 0 Å². The van der Waals surface area contributed by atoms with Gasteiger partial charge in [-0.1, -0.05) is 171 Å². The van der Waals surface area contributed by atoms with Crippen LogP contribution < -0.4 is 4.90 Å². The molecule has 1 atom stereocenters. The maximum Gasteiger partial charge on any atom is 0.0645 e. The quantitative estimate of drug-likeness (QED) is 0.156. The lowest BCUT2D eigenvalue weighted by Gasteiger charge is -2.30. The van der Waals surface area contributed by atoms with Crippen LogP contribution in [0.25, 0.3) is 72.0 Å². The Bertz CT molecular complexity index is 5240. The summed E-state index contributed by atoms with van der Waals surface area (Å²) in [6, 6.07) is -37.3. The molecule has 2 heteroatoms. The molecule has 0 aliphatic heterocycles. The Morgan fingerprint density at radius 3 is 1.78 bits per heavy atom. The summed E-state index contributed by atoms with van der Waals surface area (Å²) >= 11 is 0. The van der Waals surface area contributed by atoms with Gasteiger partial charge in [-0.25, -0.2) is 0 Å². The predicted octanol–water partition coefficient (Wildman–Crippen LogP) is 15.6. The van der Waals surface area contributed by atoms with Crippen LogP contribution in [0.3, 0.4) is 0 Å². The molecule has 280 valence electrons. The van der Waals surface area contributed by atoms with Crippen LogP contribution in [0.4, 0.5) is 17.1 Å². The van der Waals surface area contributed by atoms with Gasteiger partial charge in [0.1, 0.15) is 0 Å². The van der Waals surface area contributed by atoms with E-state index in [-0.39, 0.29) is 0 Å². The van der Waals surface area contributed by atoms with Crippen molar-refractivity contribution in [2.45, 2.75) is 19.2 Å². The van der Waals surface area contributed by atoms with E-state index in [2.05, 4.69) is 0 Å². The van der Waals surface area contributed by atoms with Crippen LogP contribution in [-0.2, 0) is 5.41 Å². The smallest absolute Gasteiger partial charge is 0.0645 e. The first-order chi connectivity index (χ1) is 44.9. The molecular formula is C57H42N2. The zero-order valence-corrected chi connectivity index (χ0v) is 30.0. The van der Waals surface area contributed by atoms with Crippen molar-refractivity contribution < 1.29 is 52.1 Å². The molecule has 11 rings (SSSR count). The molecule has 1 aromatic heterocycles. The van der Waals surface area contributed by atoms with Crippen LogP contribution in [0.1, 0.15) is 77.0 Å². The van der Waals surface area contributed by atoms with E-state index in [1.165, 1.54) is 0 Å². The van der Waals surface area contributed by atoms with E-state index in [1.807, 2.05) is 0 Å². The number of rotatable bonds is 7. The van der Waals surface area contributed by atoms with Crippen molar-refractivity contribution in [2.75, 3.05) is 4.90 Å². The monoisotopic (exact) mass is 793 g/mol. The number of fused-ring (bicyclic) bond motifs is 6. The first-order valence-corrected chi connectivity index (χ1v) is 17.4. The minimum absolute atomic E-state index is 0.393. The van der Waals surface area contributed by atoms with Gasteiger partial charge in [0.2, 0.25) is 0 Å². The van der Waals surface area contributed by atoms with Crippen LogP contribution >= 0.6 is 0 Å². The number of anilines is 3.